The molecule has 3 rings (SSSR count). The Labute approximate surface area is 135 Å². The van der Waals surface area contributed by atoms with E-state index >= 15 is 0 Å². The fourth-order valence-electron chi connectivity index (χ4n) is 3.78. The van der Waals surface area contributed by atoms with Crippen LogP contribution in [-0.4, -0.2) is 9.55 Å². The molecule has 1 aliphatic rings. The lowest BCUT2D eigenvalue weighted by Crippen LogP contribution is -2.40. The number of H-pyrrole nitrogens is 1. The average Bonchev–Trinajstić information content (AvgIpc) is 2.48. The lowest BCUT2D eigenvalue weighted by Gasteiger charge is -2.37. The summed E-state index contributed by atoms with van der Waals surface area (Å²) in [6.07, 6.45) is 3.85. The summed E-state index contributed by atoms with van der Waals surface area (Å²) in [4.78, 5) is 28.0. The van der Waals surface area contributed by atoms with Crippen LogP contribution < -0.4 is 17.0 Å². The van der Waals surface area contributed by atoms with Gasteiger partial charge >= 0.3 is 5.69 Å². The lowest BCUT2D eigenvalue weighted by molar-refractivity contribution is 0.149. The first-order chi connectivity index (χ1) is 10.8. The standard InChI is InChI=1S/C18H25N3O2/c1-18(2,3)11-4-7-13(8-5-11)21-16(22)14-10-12(19)6-9-15(14)20-17(21)23/h6,9-11,13H,4-5,7-8,19H2,1-3H3,(H,20,23)/t11-,13-. The van der Waals surface area contributed by atoms with Crippen molar-refractivity contribution >= 4 is 16.6 Å². The summed E-state index contributed by atoms with van der Waals surface area (Å²) in [6, 6.07) is 5.01. The molecule has 0 spiro atoms. The molecule has 1 aromatic carbocycles. The van der Waals surface area contributed by atoms with Gasteiger partial charge in [-0.2, -0.15) is 0 Å². The topological polar surface area (TPSA) is 80.9 Å². The number of aromatic amines is 1. The Morgan fingerprint density at radius 1 is 1.13 bits per heavy atom. The molecule has 0 unspecified atom stereocenters. The van der Waals surface area contributed by atoms with Crippen molar-refractivity contribution < 1.29 is 0 Å². The molecule has 0 amide bonds. The van der Waals surface area contributed by atoms with E-state index < -0.39 is 0 Å². The molecule has 1 fully saturated rings. The number of anilines is 1. The van der Waals surface area contributed by atoms with Crippen molar-refractivity contribution in [2.45, 2.75) is 52.5 Å². The van der Waals surface area contributed by atoms with E-state index in [1.54, 1.807) is 18.2 Å². The predicted octanol–water partition coefficient (Wildman–Crippen LogP) is 3.05. The van der Waals surface area contributed by atoms with Gasteiger partial charge < -0.3 is 10.7 Å². The monoisotopic (exact) mass is 315 g/mol. The summed E-state index contributed by atoms with van der Waals surface area (Å²) in [7, 11) is 0. The Hall–Kier alpha value is -2.04. The van der Waals surface area contributed by atoms with E-state index in [9.17, 15) is 9.59 Å². The fraction of sp³-hybridized carbons (Fsp3) is 0.556. The number of hydrogen-bond donors (Lipinski definition) is 2. The second-order valence-corrected chi connectivity index (χ2v) is 7.78. The molecule has 0 bridgehead atoms. The summed E-state index contributed by atoms with van der Waals surface area (Å²) in [5, 5.41) is 0.488. The van der Waals surface area contributed by atoms with Crippen LogP contribution in [0.5, 0.6) is 0 Å². The minimum absolute atomic E-state index is 0.0179. The molecule has 0 radical (unpaired) electrons. The highest BCUT2D eigenvalue weighted by atomic mass is 16.2. The van der Waals surface area contributed by atoms with Crippen LogP contribution in [0.15, 0.2) is 27.8 Å². The predicted molar refractivity (Wildman–Crippen MR) is 93.7 cm³/mol. The Bertz CT molecular complexity index is 834. The Balaban J connectivity index is 1.98. The van der Waals surface area contributed by atoms with Crippen molar-refractivity contribution in [1.82, 2.24) is 9.55 Å². The van der Waals surface area contributed by atoms with E-state index in [2.05, 4.69) is 25.8 Å². The molecule has 124 valence electrons. The van der Waals surface area contributed by atoms with Gasteiger partial charge in [0, 0.05) is 11.7 Å². The highest BCUT2D eigenvalue weighted by molar-refractivity contribution is 5.80. The maximum atomic E-state index is 12.8. The van der Waals surface area contributed by atoms with Crippen molar-refractivity contribution in [2.75, 3.05) is 5.73 Å². The highest BCUT2D eigenvalue weighted by Crippen LogP contribution is 2.40. The quantitative estimate of drug-likeness (QED) is 0.794. The van der Waals surface area contributed by atoms with E-state index in [-0.39, 0.29) is 22.7 Å². The van der Waals surface area contributed by atoms with Crippen molar-refractivity contribution in [3.05, 3.63) is 39.0 Å². The summed E-state index contributed by atoms with van der Waals surface area (Å²) in [5.41, 5.74) is 6.61. The number of hydrogen-bond acceptors (Lipinski definition) is 3. The van der Waals surface area contributed by atoms with Crippen molar-refractivity contribution in [3.63, 3.8) is 0 Å². The smallest absolute Gasteiger partial charge is 0.329 e. The fourth-order valence-corrected chi connectivity index (χ4v) is 3.78. The van der Waals surface area contributed by atoms with E-state index in [0.29, 0.717) is 22.5 Å². The maximum Gasteiger partial charge on any atom is 0.329 e. The first-order valence-electron chi connectivity index (χ1n) is 8.31. The number of fused-ring (bicyclic) bond motifs is 1. The third-order valence-electron chi connectivity index (χ3n) is 5.24. The van der Waals surface area contributed by atoms with Gasteiger partial charge in [-0.15, -0.1) is 0 Å². The van der Waals surface area contributed by atoms with Gasteiger partial charge in [-0.1, -0.05) is 20.8 Å². The number of nitrogens with two attached hydrogens (primary N) is 1. The van der Waals surface area contributed by atoms with Crippen LogP contribution in [0.4, 0.5) is 5.69 Å². The van der Waals surface area contributed by atoms with Gasteiger partial charge in [0.05, 0.1) is 10.9 Å². The number of benzene rings is 1. The van der Waals surface area contributed by atoms with Gasteiger partial charge in [0.25, 0.3) is 5.56 Å². The Kier molecular flexibility index (Phi) is 3.82. The summed E-state index contributed by atoms with van der Waals surface area (Å²) >= 11 is 0. The molecule has 23 heavy (non-hydrogen) atoms. The molecule has 1 heterocycles. The minimum Gasteiger partial charge on any atom is -0.399 e. The molecule has 5 nitrogen and oxygen atoms in total. The van der Waals surface area contributed by atoms with Gasteiger partial charge in [0.1, 0.15) is 0 Å². The van der Waals surface area contributed by atoms with Crippen molar-refractivity contribution in [1.29, 1.82) is 0 Å². The van der Waals surface area contributed by atoms with Crippen LogP contribution in [-0.2, 0) is 0 Å². The summed E-state index contributed by atoms with van der Waals surface area (Å²) in [6.45, 7) is 6.78. The van der Waals surface area contributed by atoms with E-state index in [4.69, 9.17) is 5.73 Å². The molecular weight excluding hydrogens is 290 g/mol. The van der Waals surface area contributed by atoms with Gasteiger partial charge in [0.2, 0.25) is 0 Å². The Morgan fingerprint density at radius 3 is 2.39 bits per heavy atom. The van der Waals surface area contributed by atoms with Crippen LogP contribution >= 0.6 is 0 Å². The first kappa shape index (κ1) is 15.8. The van der Waals surface area contributed by atoms with Gasteiger partial charge in [-0.25, -0.2) is 4.79 Å². The number of nitrogens with one attached hydrogen (secondary N) is 1. The van der Waals surface area contributed by atoms with Gasteiger partial charge in [-0.05, 0) is 55.2 Å². The largest absolute Gasteiger partial charge is 0.399 e. The number of nitrogen functional groups attached to an aromatic ring is 1. The third kappa shape index (κ3) is 2.92. The zero-order chi connectivity index (χ0) is 16.8. The highest BCUT2D eigenvalue weighted by Gasteiger charge is 2.31. The first-order valence-corrected chi connectivity index (χ1v) is 8.31. The SMILES string of the molecule is CC(C)(C)[C@H]1CC[C@H](n2c(=O)[nH]c3ccc(N)cc3c2=O)CC1. The molecular formula is C18H25N3O2. The summed E-state index contributed by atoms with van der Waals surface area (Å²) < 4.78 is 1.40. The van der Waals surface area contributed by atoms with E-state index in [0.717, 1.165) is 25.7 Å². The molecule has 1 aromatic heterocycles. The molecule has 0 aliphatic heterocycles. The lowest BCUT2D eigenvalue weighted by atomic mass is 9.71. The third-order valence-corrected chi connectivity index (χ3v) is 5.24. The second kappa shape index (κ2) is 5.55. The van der Waals surface area contributed by atoms with Gasteiger partial charge in [0.15, 0.2) is 0 Å². The maximum absolute atomic E-state index is 12.8. The van der Waals surface area contributed by atoms with E-state index in [1.807, 2.05) is 0 Å². The molecule has 1 saturated carbocycles. The van der Waals surface area contributed by atoms with Crippen molar-refractivity contribution in [3.8, 4) is 0 Å². The van der Waals surface area contributed by atoms with Crippen LogP contribution in [0.1, 0.15) is 52.5 Å². The molecule has 1 aliphatic carbocycles. The van der Waals surface area contributed by atoms with Crippen molar-refractivity contribution in [2.24, 2.45) is 11.3 Å². The number of aromatic nitrogens is 2. The molecule has 0 saturated heterocycles. The normalized spacial score (nSPS) is 22.4. The van der Waals surface area contributed by atoms with E-state index in [1.165, 1.54) is 4.57 Å². The zero-order valence-electron chi connectivity index (χ0n) is 14.1. The van der Waals surface area contributed by atoms with Crippen LogP contribution in [0.3, 0.4) is 0 Å². The molecule has 2 aromatic rings. The molecule has 0 atom stereocenters. The second-order valence-electron chi connectivity index (χ2n) is 7.78. The van der Waals surface area contributed by atoms with Crippen LogP contribution in [0.25, 0.3) is 10.9 Å². The van der Waals surface area contributed by atoms with Crippen LogP contribution in [0.2, 0.25) is 0 Å². The van der Waals surface area contributed by atoms with Gasteiger partial charge in [-0.3, -0.25) is 9.36 Å². The molecule has 5 heteroatoms. The summed E-state index contributed by atoms with van der Waals surface area (Å²) in [5.74, 6) is 0.643. The number of rotatable bonds is 1. The average molecular weight is 315 g/mol. The number of nitrogens with zero attached hydrogens (tertiary/aromatic N) is 1. The zero-order valence-corrected chi connectivity index (χ0v) is 14.1. The van der Waals surface area contributed by atoms with Crippen LogP contribution in [0, 0.1) is 11.3 Å². The minimum atomic E-state index is -0.313. The molecule has 3 N–H and O–H groups in total. The Morgan fingerprint density at radius 2 is 1.78 bits per heavy atom.